The fourth-order valence-corrected chi connectivity index (χ4v) is 2.56. The summed E-state index contributed by atoms with van der Waals surface area (Å²) in [7, 11) is 1.55. The van der Waals surface area contributed by atoms with Gasteiger partial charge in [-0.1, -0.05) is 18.2 Å². The molecule has 1 aromatic carbocycles. The lowest BCUT2D eigenvalue weighted by Gasteiger charge is -2.26. The largest absolute Gasteiger partial charge is 0.346 e. The zero-order valence-corrected chi connectivity index (χ0v) is 11.7. The van der Waals surface area contributed by atoms with Crippen molar-refractivity contribution in [2.24, 2.45) is 0 Å². The maximum Gasteiger partial charge on any atom is 0.266 e. The van der Waals surface area contributed by atoms with Crippen LogP contribution in [0.2, 0.25) is 0 Å². The summed E-state index contributed by atoms with van der Waals surface area (Å²) in [6, 6.07) is 7.97. The summed E-state index contributed by atoms with van der Waals surface area (Å²) in [5.41, 5.74) is 2.37. The van der Waals surface area contributed by atoms with Gasteiger partial charge in [-0.2, -0.15) is 0 Å². The Morgan fingerprint density at radius 1 is 1.30 bits per heavy atom. The van der Waals surface area contributed by atoms with Crippen LogP contribution in [-0.2, 0) is 16.0 Å². The van der Waals surface area contributed by atoms with E-state index in [4.69, 9.17) is 12.2 Å². The van der Waals surface area contributed by atoms with Gasteiger partial charge < -0.3 is 4.90 Å². The molecule has 3 rings (SSSR count). The van der Waals surface area contributed by atoms with Gasteiger partial charge in [-0.05, 0) is 30.3 Å². The second kappa shape index (κ2) is 4.72. The van der Waals surface area contributed by atoms with Crippen molar-refractivity contribution in [3.05, 3.63) is 41.6 Å². The van der Waals surface area contributed by atoms with Crippen LogP contribution in [0.15, 0.2) is 36.0 Å². The Morgan fingerprint density at radius 2 is 2.05 bits per heavy atom. The van der Waals surface area contributed by atoms with Gasteiger partial charge in [-0.25, -0.2) is 0 Å². The Bertz CT molecular complexity index is 654. The molecule has 0 radical (unpaired) electrons. The maximum absolute atomic E-state index is 12.1. The molecule has 0 spiro atoms. The zero-order chi connectivity index (χ0) is 14.3. The molecule has 102 valence electrons. The Hall–Kier alpha value is -2.21. The second-order valence-electron chi connectivity index (χ2n) is 4.74. The van der Waals surface area contributed by atoms with Crippen LogP contribution < -0.4 is 10.2 Å². The van der Waals surface area contributed by atoms with Crippen LogP contribution in [0, 0.1) is 0 Å². The maximum atomic E-state index is 12.1. The summed E-state index contributed by atoms with van der Waals surface area (Å²) in [5, 5.41) is 2.65. The highest BCUT2D eigenvalue weighted by molar-refractivity contribution is 7.80. The first kappa shape index (κ1) is 12.8. The molecule has 2 amide bonds. The van der Waals surface area contributed by atoms with Gasteiger partial charge in [-0.15, -0.1) is 0 Å². The summed E-state index contributed by atoms with van der Waals surface area (Å²) < 4.78 is 0. The number of benzene rings is 1. The summed E-state index contributed by atoms with van der Waals surface area (Å²) >= 11 is 4.91. The number of likely N-dealkylation sites (N-methyl/N-ethyl adjacent to an activating group) is 1. The predicted octanol–water partition coefficient (Wildman–Crippen LogP) is 0.806. The fourth-order valence-electron chi connectivity index (χ4n) is 2.39. The molecule has 1 N–H and O–H groups in total. The lowest BCUT2D eigenvalue weighted by Crippen LogP contribution is -2.52. The van der Waals surface area contributed by atoms with Crippen molar-refractivity contribution in [3.63, 3.8) is 0 Å². The molecular formula is C14H13N3O2S. The van der Waals surface area contributed by atoms with Crippen LogP contribution in [0.25, 0.3) is 0 Å². The first-order valence-electron chi connectivity index (χ1n) is 6.27. The molecule has 0 aliphatic carbocycles. The van der Waals surface area contributed by atoms with Crippen molar-refractivity contribution in [1.82, 2.24) is 10.2 Å². The lowest BCUT2D eigenvalue weighted by atomic mass is 10.1. The fraction of sp³-hybridized carbons (Fsp3) is 0.214. The van der Waals surface area contributed by atoms with Crippen LogP contribution in [0.1, 0.15) is 5.56 Å². The molecule has 1 saturated heterocycles. The van der Waals surface area contributed by atoms with E-state index in [1.165, 1.54) is 10.5 Å². The predicted molar refractivity (Wildman–Crippen MR) is 79.1 cm³/mol. The molecule has 0 atom stereocenters. The Morgan fingerprint density at radius 3 is 2.85 bits per heavy atom. The van der Waals surface area contributed by atoms with E-state index in [0.29, 0.717) is 0 Å². The third-order valence-corrected chi connectivity index (χ3v) is 3.89. The minimum absolute atomic E-state index is 0.109. The van der Waals surface area contributed by atoms with Crippen molar-refractivity contribution in [2.45, 2.75) is 6.42 Å². The summed E-state index contributed by atoms with van der Waals surface area (Å²) in [6.45, 7) is 0.761. The highest BCUT2D eigenvalue weighted by atomic mass is 32.1. The van der Waals surface area contributed by atoms with Crippen LogP contribution in [0.4, 0.5) is 5.69 Å². The first-order valence-corrected chi connectivity index (χ1v) is 6.68. The van der Waals surface area contributed by atoms with Crippen molar-refractivity contribution >= 4 is 34.8 Å². The highest BCUT2D eigenvalue weighted by Crippen LogP contribution is 2.28. The van der Waals surface area contributed by atoms with Crippen molar-refractivity contribution < 1.29 is 9.59 Å². The molecular weight excluding hydrogens is 274 g/mol. The number of hydrogen-bond donors (Lipinski definition) is 1. The van der Waals surface area contributed by atoms with E-state index in [1.54, 1.807) is 13.2 Å². The molecule has 0 saturated carbocycles. The third-order valence-electron chi connectivity index (χ3n) is 3.51. The Balaban J connectivity index is 1.95. The number of thiocarbonyl (C=S) groups is 1. The molecule has 20 heavy (non-hydrogen) atoms. The number of para-hydroxylation sites is 1. The molecule has 0 bridgehead atoms. The number of fused-ring (bicyclic) bond motifs is 1. The lowest BCUT2D eigenvalue weighted by molar-refractivity contribution is -0.128. The van der Waals surface area contributed by atoms with Gasteiger partial charge in [0.1, 0.15) is 5.57 Å². The normalized spacial score (nSPS) is 20.4. The molecule has 2 aliphatic rings. The van der Waals surface area contributed by atoms with Gasteiger partial charge >= 0.3 is 0 Å². The average molecular weight is 287 g/mol. The quantitative estimate of drug-likeness (QED) is 0.472. The number of carbonyl (C=O) groups excluding carboxylic acids is 2. The molecule has 1 aromatic rings. The number of nitrogens with one attached hydrogen (secondary N) is 1. The van der Waals surface area contributed by atoms with Gasteiger partial charge in [0.15, 0.2) is 5.11 Å². The molecule has 6 heteroatoms. The van der Waals surface area contributed by atoms with Gasteiger partial charge in [0.25, 0.3) is 11.8 Å². The number of amides is 2. The number of hydrogen-bond acceptors (Lipinski definition) is 4. The van der Waals surface area contributed by atoms with Gasteiger partial charge in [0, 0.05) is 25.5 Å². The van der Waals surface area contributed by atoms with Gasteiger partial charge in [0.05, 0.1) is 0 Å². The molecule has 1 fully saturated rings. The molecule has 0 unspecified atom stereocenters. The minimum atomic E-state index is -0.442. The van der Waals surface area contributed by atoms with Crippen LogP contribution in [-0.4, -0.2) is 35.4 Å². The number of rotatable bonds is 1. The van der Waals surface area contributed by atoms with Crippen LogP contribution >= 0.6 is 12.2 Å². The van der Waals surface area contributed by atoms with E-state index < -0.39 is 5.91 Å². The third kappa shape index (κ3) is 1.98. The molecule has 0 aromatic heterocycles. The number of nitrogens with zero attached hydrogens (tertiary/aromatic N) is 2. The molecule has 5 nitrogen and oxygen atoms in total. The Labute approximate surface area is 121 Å². The topological polar surface area (TPSA) is 52.7 Å². The van der Waals surface area contributed by atoms with E-state index in [0.717, 1.165) is 18.7 Å². The van der Waals surface area contributed by atoms with Crippen molar-refractivity contribution in [1.29, 1.82) is 0 Å². The molecule has 2 heterocycles. The first-order chi connectivity index (χ1) is 9.58. The second-order valence-corrected chi connectivity index (χ2v) is 5.13. The molecule has 2 aliphatic heterocycles. The van der Waals surface area contributed by atoms with Gasteiger partial charge in [0.2, 0.25) is 0 Å². The minimum Gasteiger partial charge on any atom is -0.346 e. The van der Waals surface area contributed by atoms with Crippen LogP contribution in [0.5, 0.6) is 0 Å². The standard InChI is InChI=1S/C14H13N3O2S/c1-16-13(19)10(12(18)15-14(16)20)8-17-7-6-9-4-2-3-5-11(9)17/h2-5,8H,6-7H2,1H3,(H,15,18,20)/b10-8+. The SMILES string of the molecule is CN1C(=O)/C(=C/N2CCc3ccccc32)C(=O)NC1=S. The summed E-state index contributed by atoms with van der Waals surface area (Å²) in [5.74, 6) is -0.814. The van der Waals surface area contributed by atoms with Crippen molar-refractivity contribution in [2.75, 3.05) is 18.5 Å². The van der Waals surface area contributed by atoms with E-state index in [2.05, 4.69) is 11.4 Å². The van der Waals surface area contributed by atoms with E-state index >= 15 is 0 Å². The van der Waals surface area contributed by atoms with E-state index in [-0.39, 0.29) is 16.6 Å². The smallest absolute Gasteiger partial charge is 0.266 e. The summed E-state index contributed by atoms with van der Waals surface area (Å²) in [4.78, 5) is 27.3. The van der Waals surface area contributed by atoms with E-state index in [1.807, 2.05) is 23.1 Å². The Kier molecular flexibility index (Phi) is 3.02. The monoisotopic (exact) mass is 287 g/mol. The number of carbonyl (C=O) groups is 2. The average Bonchev–Trinajstić information content (AvgIpc) is 2.84. The van der Waals surface area contributed by atoms with Crippen molar-refractivity contribution in [3.8, 4) is 0 Å². The van der Waals surface area contributed by atoms with Gasteiger partial charge in [-0.3, -0.25) is 19.8 Å². The zero-order valence-electron chi connectivity index (χ0n) is 10.9. The number of anilines is 1. The van der Waals surface area contributed by atoms with Crippen LogP contribution in [0.3, 0.4) is 0 Å². The summed E-state index contributed by atoms with van der Waals surface area (Å²) in [6.07, 6.45) is 2.52. The van der Waals surface area contributed by atoms with E-state index in [9.17, 15) is 9.59 Å². The highest BCUT2D eigenvalue weighted by Gasteiger charge is 2.32.